The van der Waals surface area contributed by atoms with Crippen molar-refractivity contribution in [2.75, 3.05) is 38.7 Å². The molecule has 0 aliphatic carbocycles. The average molecular weight is 548 g/mol. The van der Waals surface area contributed by atoms with Crippen LogP contribution in [0.5, 0.6) is 23.0 Å². The van der Waals surface area contributed by atoms with Gasteiger partial charge in [-0.05, 0) is 66.6 Å². The largest absolute Gasteiger partial charge is 0.497 e. The van der Waals surface area contributed by atoms with Crippen LogP contribution in [0.15, 0.2) is 60.7 Å². The molecule has 1 aliphatic rings. The number of benzene rings is 3. The van der Waals surface area contributed by atoms with Crippen molar-refractivity contribution >= 4 is 44.2 Å². The number of fused-ring (bicyclic) bond motifs is 1. The molecule has 2 heterocycles. The SMILES string of the molecule is COc1ccc(N2C(=O)CC[C@H](C(=O)Nc3nc4ccc(OC)cc4s3)[C@@H]2c2ccc(OC)c(OC)c2)cc1. The second-order valence-electron chi connectivity index (χ2n) is 9.01. The van der Waals surface area contributed by atoms with E-state index in [0.717, 1.165) is 21.5 Å². The summed E-state index contributed by atoms with van der Waals surface area (Å²) in [6, 6.07) is 17.7. The van der Waals surface area contributed by atoms with Gasteiger partial charge in [0.2, 0.25) is 11.8 Å². The van der Waals surface area contributed by atoms with Crippen LogP contribution in [-0.4, -0.2) is 45.2 Å². The molecule has 1 fully saturated rings. The molecule has 1 aromatic heterocycles. The average Bonchev–Trinajstić information content (AvgIpc) is 3.37. The Balaban J connectivity index is 1.54. The quantitative estimate of drug-likeness (QED) is 0.313. The van der Waals surface area contributed by atoms with E-state index in [4.69, 9.17) is 18.9 Å². The zero-order valence-corrected chi connectivity index (χ0v) is 22.9. The van der Waals surface area contributed by atoms with Crippen LogP contribution >= 0.6 is 11.3 Å². The summed E-state index contributed by atoms with van der Waals surface area (Å²) in [5, 5.41) is 3.50. The molecule has 0 radical (unpaired) electrons. The fourth-order valence-corrected chi connectivity index (χ4v) is 5.81. The first kappa shape index (κ1) is 26.3. The zero-order valence-electron chi connectivity index (χ0n) is 22.1. The Kier molecular flexibility index (Phi) is 7.56. The maximum Gasteiger partial charge on any atom is 0.231 e. The van der Waals surface area contributed by atoms with Crippen molar-refractivity contribution in [3.8, 4) is 23.0 Å². The highest BCUT2D eigenvalue weighted by Crippen LogP contribution is 2.43. The smallest absolute Gasteiger partial charge is 0.231 e. The first-order valence-corrected chi connectivity index (χ1v) is 13.2. The normalized spacial score (nSPS) is 17.1. The molecule has 2 amide bonds. The molecule has 2 atom stereocenters. The molecule has 0 bridgehead atoms. The Labute approximate surface area is 230 Å². The lowest BCUT2D eigenvalue weighted by molar-refractivity contribution is -0.125. The minimum Gasteiger partial charge on any atom is -0.497 e. The lowest BCUT2D eigenvalue weighted by Gasteiger charge is -2.41. The highest BCUT2D eigenvalue weighted by molar-refractivity contribution is 7.22. The number of carbonyl (C=O) groups is 2. The number of ether oxygens (including phenoxy) is 4. The Morgan fingerprint density at radius 1 is 0.897 bits per heavy atom. The van der Waals surface area contributed by atoms with Crippen LogP contribution in [0.25, 0.3) is 10.2 Å². The number of aromatic nitrogens is 1. The monoisotopic (exact) mass is 547 g/mol. The summed E-state index contributed by atoms with van der Waals surface area (Å²) in [4.78, 5) is 33.5. The first-order chi connectivity index (χ1) is 18.9. The minimum atomic E-state index is -0.589. The highest BCUT2D eigenvalue weighted by atomic mass is 32.1. The number of methoxy groups -OCH3 is 4. The summed E-state index contributed by atoms with van der Waals surface area (Å²) in [5.74, 6) is 1.63. The van der Waals surface area contributed by atoms with Crippen molar-refractivity contribution in [2.24, 2.45) is 5.92 Å². The number of hydrogen-bond acceptors (Lipinski definition) is 8. The van der Waals surface area contributed by atoms with Crippen LogP contribution < -0.4 is 29.2 Å². The maximum absolute atomic E-state index is 13.8. The predicted octanol–water partition coefficient (Wildman–Crippen LogP) is 5.45. The fraction of sp³-hybridized carbons (Fsp3) is 0.276. The summed E-state index contributed by atoms with van der Waals surface area (Å²) in [6.45, 7) is 0. The maximum atomic E-state index is 13.8. The molecule has 5 rings (SSSR count). The van der Waals surface area contributed by atoms with Gasteiger partial charge in [0, 0.05) is 12.1 Å². The van der Waals surface area contributed by atoms with E-state index in [1.807, 2.05) is 42.5 Å². The van der Waals surface area contributed by atoms with Gasteiger partial charge in [0.05, 0.1) is 50.6 Å². The van der Waals surface area contributed by atoms with E-state index in [0.29, 0.717) is 34.5 Å². The van der Waals surface area contributed by atoms with E-state index in [-0.39, 0.29) is 18.2 Å². The van der Waals surface area contributed by atoms with E-state index in [2.05, 4.69) is 10.3 Å². The van der Waals surface area contributed by atoms with Gasteiger partial charge < -0.3 is 29.2 Å². The van der Waals surface area contributed by atoms with Gasteiger partial charge in [-0.15, -0.1) is 0 Å². The predicted molar refractivity (Wildman–Crippen MR) is 150 cm³/mol. The molecule has 0 saturated carbocycles. The Morgan fingerprint density at radius 3 is 2.31 bits per heavy atom. The number of hydrogen-bond donors (Lipinski definition) is 1. The molecule has 39 heavy (non-hydrogen) atoms. The Bertz CT molecular complexity index is 1500. The summed E-state index contributed by atoms with van der Waals surface area (Å²) in [5.41, 5.74) is 2.20. The van der Waals surface area contributed by atoms with E-state index in [1.54, 1.807) is 51.5 Å². The van der Waals surface area contributed by atoms with Gasteiger partial charge in [0.15, 0.2) is 16.6 Å². The number of thiazole rings is 1. The van der Waals surface area contributed by atoms with E-state index in [9.17, 15) is 9.59 Å². The number of carbonyl (C=O) groups excluding carboxylic acids is 2. The zero-order chi connectivity index (χ0) is 27.5. The number of amides is 2. The van der Waals surface area contributed by atoms with Crippen LogP contribution in [-0.2, 0) is 9.59 Å². The Hall–Kier alpha value is -4.31. The second-order valence-corrected chi connectivity index (χ2v) is 10.0. The number of anilines is 2. The number of piperidine rings is 1. The highest BCUT2D eigenvalue weighted by Gasteiger charge is 2.42. The topological polar surface area (TPSA) is 99.2 Å². The third-order valence-corrected chi connectivity index (χ3v) is 7.79. The molecule has 9 nitrogen and oxygen atoms in total. The molecule has 10 heteroatoms. The van der Waals surface area contributed by atoms with Crippen molar-refractivity contribution in [2.45, 2.75) is 18.9 Å². The summed E-state index contributed by atoms with van der Waals surface area (Å²) >= 11 is 1.37. The van der Waals surface area contributed by atoms with E-state index >= 15 is 0 Å². The van der Waals surface area contributed by atoms with Crippen LogP contribution in [0.1, 0.15) is 24.4 Å². The molecule has 0 unspecified atom stereocenters. The van der Waals surface area contributed by atoms with Gasteiger partial charge >= 0.3 is 0 Å². The first-order valence-electron chi connectivity index (χ1n) is 12.4. The van der Waals surface area contributed by atoms with Gasteiger partial charge in [0.1, 0.15) is 11.5 Å². The van der Waals surface area contributed by atoms with Crippen LogP contribution in [0, 0.1) is 5.92 Å². The third-order valence-electron chi connectivity index (χ3n) is 6.86. The number of nitrogens with zero attached hydrogens (tertiary/aromatic N) is 2. The fourth-order valence-electron chi connectivity index (χ4n) is 4.92. The van der Waals surface area contributed by atoms with Crippen LogP contribution in [0.4, 0.5) is 10.8 Å². The van der Waals surface area contributed by atoms with Crippen molar-refractivity contribution < 1.29 is 28.5 Å². The van der Waals surface area contributed by atoms with Gasteiger partial charge in [-0.3, -0.25) is 9.59 Å². The molecule has 4 aromatic rings. The van der Waals surface area contributed by atoms with Crippen molar-refractivity contribution in [1.29, 1.82) is 0 Å². The summed E-state index contributed by atoms with van der Waals surface area (Å²) in [6.07, 6.45) is 0.611. The summed E-state index contributed by atoms with van der Waals surface area (Å²) < 4.78 is 22.5. The number of rotatable bonds is 8. The van der Waals surface area contributed by atoms with Crippen LogP contribution in [0.3, 0.4) is 0 Å². The van der Waals surface area contributed by atoms with Crippen LogP contribution in [0.2, 0.25) is 0 Å². The van der Waals surface area contributed by atoms with Crippen molar-refractivity contribution in [3.63, 3.8) is 0 Å². The standard InChI is InChI=1S/C29H29N3O6S/c1-35-19-8-6-18(7-9-19)32-26(33)14-11-21(27(32)17-5-13-23(37-3)24(15-17)38-4)28(34)31-29-30-22-12-10-20(36-2)16-25(22)39-29/h5-10,12-13,15-16,21,27H,11,14H2,1-4H3,(H,30,31,34)/t21-,27-/m0/s1. The molecular weight excluding hydrogens is 518 g/mol. The lowest BCUT2D eigenvalue weighted by atomic mass is 9.83. The lowest BCUT2D eigenvalue weighted by Crippen LogP contribution is -2.47. The van der Waals surface area contributed by atoms with Gasteiger partial charge in [-0.25, -0.2) is 4.98 Å². The van der Waals surface area contributed by atoms with Gasteiger partial charge in [-0.1, -0.05) is 17.4 Å². The van der Waals surface area contributed by atoms with Gasteiger partial charge in [0.25, 0.3) is 0 Å². The molecule has 1 saturated heterocycles. The molecule has 1 N–H and O–H groups in total. The Morgan fingerprint density at radius 2 is 1.62 bits per heavy atom. The second kappa shape index (κ2) is 11.2. The molecule has 202 valence electrons. The van der Waals surface area contributed by atoms with E-state index < -0.39 is 12.0 Å². The van der Waals surface area contributed by atoms with Crippen molar-refractivity contribution in [1.82, 2.24) is 4.98 Å². The number of nitrogens with one attached hydrogen (secondary N) is 1. The summed E-state index contributed by atoms with van der Waals surface area (Å²) in [7, 11) is 6.32. The third kappa shape index (κ3) is 5.20. The van der Waals surface area contributed by atoms with E-state index in [1.165, 1.54) is 11.3 Å². The van der Waals surface area contributed by atoms with Gasteiger partial charge in [-0.2, -0.15) is 0 Å². The minimum absolute atomic E-state index is 0.0731. The van der Waals surface area contributed by atoms with Crippen molar-refractivity contribution in [3.05, 3.63) is 66.2 Å². The molecule has 0 spiro atoms. The molecular formula is C29H29N3O6S. The molecule has 1 aliphatic heterocycles. The molecule has 3 aromatic carbocycles.